The molecule has 0 amide bonds. The molecule has 0 saturated carbocycles. The summed E-state index contributed by atoms with van der Waals surface area (Å²) in [6.45, 7) is 7.11. The predicted octanol–water partition coefficient (Wildman–Crippen LogP) is 1.77. The standard InChI is InChI=1S/C21H30N2/c1-18(16-20-10-5-3-6-11-20)22-14-9-15-23-19(2)17-21-12-7-4-8-13-21/h3-8,10-13,18-19,22-23H,9,14-17H2,1-2H3/p+2/t18-,19+. The smallest absolute Gasteiger partial charge is 0.0871 e. The van der Waals surface area contributed by atoms with Crippen molar-refractivity contribution in [1.29, 1.82) is 0 Å². The molecule has 2 nitrogen and oxygen atoms in total. The van der Waals surface area contributed by atoms with Gasteiger partial charge in [0.05, 0.1) is 25.2 Å². The van der Waals surface area contributed by atoms with Crippen molar-refractivity contribution in [2.45, 2.75) is 45.2 Å². The highest BCUT2D eigenvalue weighted by molar-refractivity contribution is 5.15. The molecule has 0 aromatic heterocycles. The fraction of sp³-hybridized carbons (Fsp3) is 0.429. The lowest BCUT2D eigenvalue weighted by molar-refractivity contribution is -0.709. The topological polar surface area (TPSA) is 33.2 Å². The highest BCUT2D eigenvalue weighted by atomic mass is 14.9. The summed E-state index contributed by atoms with van der Waals surface area (Å²) >= 11 is 0. The summed E-state index contributed by atoms with van der Waals surface area (Å²) in [6, 6.07) is 22.9. The fourth-order valence-corrected chi connectivity index (χ4v) is 3.06. The molecule has 0 aliphatic rings. The van der Waals surface area contributed by atoms with Gasteiger partial charge in [-0.15, -0.1) is 0 Å². The van der Waals surface area contributed by atoms with E-state index in [1.165, 1.54) is 30.6 Å². The van der Waals surface area contributed by atoms with Gasteiger partial charge in [0.2, 0.25) is 0 Å². The van der Waals surface area contributed by atoms with Crippen LogP contribution in [-0.4, -0.2) is 25.2 Å². The van der Waals surface area contributed by atoms with Gasteiger partial charge in [-0.1, -0.05) is 60.7 Å². The van der Waals surface area contributed by atoms with Gasteiger partial charge in [0.1, 0.15) is 0 Å². The molecule has 2 atom stereocenters. The number of rotatable bonds is 10. The minimum Gasteiger partial charge on any atom is -0.344 e. The van der Waals surface area contributed by atoms with E-state index in [0.717, 1.165) is 12.8 Å². The van der Waals surface area contributed by atoms with E-state index >= 15 is 0 Å². The van der Waals surface area contributed by atoms with Crippen LogP contribution in [0.2, 0.25) is 0 Å². The van der Waals surface area contributed by atoms with Crippen molar-refractivity contribution >= 4 is 0 Å². The molecule has 2 aromatic rings. The van der Waals surface area contributed by atoms with Gasteiger partial charge in [0.25, 0.3) is 0 Å². The highest BCUT2D eigenvalue weighted by Gasteiger charge is 2.08. The summed E-state index contributed by atoms with van der Waals surface area (Å²) < 4.78 is 0. The summed E-state index contributed by atoms with van der Waals surface area (Å²) in [5.74, 6) is 0. The molecule has 0 spiro atoms. The van der Waals surface area contributed by atoms with E-state index in [1.807, 2.05) is 0 Å². The second kappa shape index (κ2) is 10.2. The van der Waals surface area contributed by atoms with Gasteiger partial charge in [-0.2, -0.15) is 0 Å². The number of hydrogen-bond donors (Lipinski definition) is 2. The minimum absolute atomic E-state index is 0.666. The average Bonchev–Trinajstić information content (AvgIpc) is 2.56. The van der Waals surface area contributed by atoms with Crippen LogP contribution < -0.4 is 10.6 Å². The normalized spacial score (nSPS) is 13.7. The predicted molar refractivity (Wildman–Crippen MR) is 97.4 cm³/mol. The fourth-order valence-electron chi connectivity index (χ4n) is 3.06. The van der Waals surface area contributed by atoms with Crippen LogP contribution >= 0.6 is 0 Å². The lowest BCUT2D eigenvalue weighted by Gasteiger charge is -2.12. The molecule has 23 heavy (non-hydrogen) atoms. The van der Waals surface area contributed by atoms with E-state index in [0.29, 0.717) is 12.1 Å². The van der Waals surface area contributed by atoms with Crippen LogP contribution in [0.15, 0.2) is 60.7 Å². The first kappa shape index (κ1) is 17.7. The zero-order valence-electron chi connectivity index (χ0n) is 14.6. The Hall–Kier alpha value is -1.64. The molecule has 0 bridgehead atoms. The second-order valence-electron chi connectivity index (χ2n) is 6.74. The van der Waals surface area contributed by atoms with Crippen LogP contribution in [0.3, 0.4) is 0 Å². The molecule has 0 aliphatic carbocycles. The number of nitrogens with two attached hydrogens (primary N) is 2. The van der Waals surface area contributed by atoms with E-state index in [1.54, 1.807) is 0 Å². The van der Waals surface area contributed by atoms with E-state index in [9.17, 15) is 0 Å². The van der Waals surface area contributed by atoms with Crippen molar-refractivity contribution < 1.29 is 10.6 Å². The van der Waals surface area contributed by atoms with Gasteiger partial charge in [0.15, 0.2) is 0 Å². The molecule has 0 unspecified atom stereocenters. The molecule has 4 N–H and O–H groups in total. The zero-order valence-corrected chi connectivity index (χ0v) is 14.6. The Bertz CT molecular complexity index is 475. The Kier molecular flexibility index (Phi) is 7.85. The van der Waals surface area contributed by atoms with E-state index < -0.39 is 0 Å². The van der Waals surface area contributed by atoms with Gasteiger partial charge in [0, 0.05) is 19.3 Å². The molecule has 0 radical (unpaired) electrons. The third kappa shape index (κ3) is 7.45. The van der Waals surface area contributed by atoms with Gasteiger partial charge in [-0.25, -0.2) is 0 Å². The van der Waals surface area contributed by atoms with Crippen molar-refractivity contribution in [3.8, 4) is 0 Å². The monoisotopic (exact) mass is 312 g/mol. The van der Waals surface area contributed by atoms with Crippen LogP contribution in [0.4, 0.5) is 0 Å². The van der Waals surface area contributed by atoms with Gasteiger partial charge >= 0.3 is 0 Å². The van der Waals surface area contributed by atoms with Gasteiger partial charge in [-0.05, 0) is 25.0 Å². The summed E-state index contributed by atoms with van der Waals surface area (Å²) in [5, 5.41) is 4.98. The van der Waals surface area contributed by atoms with Crippen molar-refractivity contribution in [3.05, 3.63) is 71.8 Å². The van der Waals surface area contributed by atoms with Crippen LogP contribution in [0, 0.1) is 0 Å². The maximum Gasteiger partial charge on any atom is 0.0871 e. The average molecular weight is 313 g/mol. The maximum atomic E-state index is 2.49. The van der Waals surface area contributed by atoms with Crippen molar-refractivity contribution in [2.24, 2.45) is 0 Å². The Morgan fingerprint density at radius 1 is 0.652 bits per heavy atom. The van der Waals surface area contributed by atoms with Crippen LogP contribution in [-0.2, 0) is 12.8 Å². The molecule has 0 fully saturated rings. The van der Waals surface area contributed by atoms with Crippen LogP contribution in [0.5, 0.6) is 0 Å². The molecule has 0 heterocycles. The van der Waals surface area contributed by atoms with Crippen molar-refractivity contribution in [3.63, 3.8) is 0 Å². The molecular formula is C21H32N2+2. The number of hydrogen-bond acceptors (Lipinski definition) is 0. The summed E-state index contributed by atoms with van der Waals surface area (Å²) in [5.41, 5.74) is 2.89. The Morgan fingerprint density at radius 2 is 1.04 bits per heavy atom. The lowest BCUT2D eigenvalue weighted by Crippen LogP contribution is -2.93. The third-order valence-electron chi connectivity index (χ3n) is 4.35. The Labute approximate surface area is 141 Å². The Morgan fingerprint density at radius 3 is 1.43 bits per heavy atom. The Balaban J connectivity index is 1.53. The van der Waals surface area contributed by atoms with Crippen molar-refractivity contribution in [1.82, 2.24) is 0 Å². The van der Waals surface area contributed by atoms with Gasteiger partial charge in [-0.3, -0.25) is 0 Å². The number of quaternary nitrogens is 2. The highest BCUT2D eigenvalue weighted by Crippen LogP contribution is 2.01. The summed E-state index contributed by atoms with van der Waals surface area (Å²) in [7, 11) is 0. The first-order valence-electron chi connectivity index (χ1n) is 8.98. The quantitative estimate of drug-likeness (QED) is 0.627. The lowest BCUT2D eigenvalue weighted by atomic mass is 10.1. The van der Waals surface area contributed by atoms with Crippen molar-refractivity contribution in [2.75, 3.05) is 13.1 Å². The molecule has 0 aliphatic heterocycles. The van der Waals surface area contributed by atoms with E-state index in [2.05, 4.69) is 85.1 Å². The first-order valence-corrected chi connectivity index (χ1v) is 8.98. The maximum absolute atomic E-state index is 2.49. The van der Waals surface area contributed by atoms with Gasteiger partial charge < -0.3 is 10.6 Å². The molecule has 124 valence electrons. The molecule has 0 saturated heterocycles. The zero-order chi connectivity index (χ0) is 16.3. The minimum atomic E-state index is 0.666. The van der Waals surface area contributed by atoms with Crippen LogP contribution in [0.1, 0.15) is 31.4 Å². The largest absolute Gasteiger partial charge is 0.344 e. The molecule has 2 rings (SSSR count). The van der Waals surface area contributed by atoms with E-state index in [4.69, 9.17) is 0 Å². The SMILES string of the molecule is C[C@H](Cc1ccccc1)[NH2+]CCC[NH2+][C@@H](C)Cc1ccccc1. The molecular weight excluding hydrogens is 280 g/mol. The number of benzene rings is 2. The summed E-state index contributed by atoms with van der Waals surface area (Å²) in [4.78, 5) is 0. The third-order valence-corrected chi connectivity index (χ3v) is 4.35. The van der Waals surface area contributed by atoms with E-state index in [-0.39, 0.29) is 0 Å². The van der Waals surface area contributed by atoms with Crippen LogP contribution in [0.25, 0.3) is 0 Å². The second-order valence-corrected chi connectivity index (χ2v) is 6.74. The molecule has 2 heteroatoms. The molecule has 2 aromatic carbocycles. The summed E-state index contributed by atoms with van der Waals surface area (Å²) in [6.07, 6.45) is 3.60. The first-order chi connectivity index (χ1) is 11.2.